The molecule has 26 heavy (non-hydrogen) atoms. The summed E-state index contributed by atoms with van der Waals surface area (Å²) in [5, 5.41) is 0.679. The lowest BCUT2D eigenvalue weighted by Crippen LogP contribution is -2.35. The van der Waals surface area contributed by atoms with Gasteiger partial charge >= 0.3 is 0 Å². The number of nitrogens with two attached hydrogens (primary N) is 1. The molecule has 4 heteroatoms. The molecule has 142 valence electrons. The lowest BCUT2D eigenvalue weighted by molar-refractivity contribution is 0.161. The zero-order valence-electron chi connectivity index (χ0n) is 16.1. The molecule has 3 rings (SSSR count). The maximum Gasteiger partial charge on any atom is 0.197 e. The maximum atomic E-state index is 12.8. The summed E-state index contributed by atoms with van der Waals surface area (Å²) < 4.78 is 5.71. The molecule has 0 saturated heterocycles. The average molecular weight is 357 g/mol. The average Bonchev–Trinajstić information content (AvgIpc) is 2.64. The molecule has 1 aliphatic rings. The molecule has 0 bridgehead atoms. The van der Waals surface area contributed by atoms with Gasteiger partial charge in [-0.15, -0.1) is 0 Å². The number of hydrogen-bond acceptors (Lipinski definition) is 4. The quantitative estimate of drug-likeness (QED) is 0.814. The molecule has 0 aliphatic heterocycles. The van der Waals surface area contributed by atoms with E-state index < -0.39 is 0 Å². The summed E-state index contributed by atoms with van der Waals surface area (Å²) >= 11 is 0. The fraction of sp³-hybridized carbons (Fsp3) is 0.591. The van der Waals surface area contributed by atoms with Crippen molar-refractivity contribution in [1.29, 1.82) is 0 Å². The van der Waals surface area contributed by atoms with Crippen molar-refractivity contribution < 1.29 is 4.42 Å². The monoisotopic (exact) mass is 356 g/mol. The number of benzene rings is 1. The molecular weight excluding hydrogens is 324 g/mol. The molecule has 1 aromatic carbocycles. The number of nitrogens with zero attached hydrogens (tertiary/aromatic N) is 1. The summed E-state index contributed by atoms with van der Waals surface area (Å²) in [5.41, 5.74) is 7.36. The van der Waals surface area contributed by atoms with E-state index in [4.69, 9.17) is 10.2 Å². The Labute approximate surface area is 156 Å². The largest absolute Gasteiger partial charge is 0.464 e. The molecule has 0 unspecified atom stereocenters. The van der Waals surface area contributed by atoms with Crippen LogP contribution in [0.3, 0.4) is 0 Å². The van der Waals surface area contributed by atoms with Crippen molar-refractivity contribution in [3.8, 4) is 0 Å². The Bertz CT molecular complexity index is 760. The molecule has 4 nitrogen and oxygen atoms in total. The van der Waals surface area contributed by atoms with Crippen LogP contribution in [0, 0.1) is 17.8 Å². The summed E-state index contributed by atoms with van der Waals surface area (Å²) in [6.07, 6.45) is 6.65. The highest BCUT2D eigenvalue weighted by atomic mass is 16.3. The van der Waals surface area contributed by atoms with E-state index in [1.54, 1.807) is 6.26 Å². The molecule has 1 fully saturated rings. The van der Waals surface area contributed by atoms with Gasteiger partial charge in [-0.1, -0.05) is 26.0 Å². The summed E-state index contributed by atoms with van der Waals surface area (Å²) in [4.78, 5) is 15.3. The molecule has 1 saturated carbocycles. The predicted octanol–water partition coefficient (Wildman–Crippen LogP) is 4.02. The van der Waals surface area contributed by atoms with Crippen molar-refractivity contribution in [1.82, 2.24) is 4.90 Å². The molecule has 2 aromatic rings. The van der Waals surface area contributed by atoms with Crippen molar-refractivity contribution in [3.63, 3.8) is 0 Å². The van der Waals surface area contributed by atoms with E-state index in [2.05, 4.69) is 18.7 Å². The highest BCUT2D eigenvalue weighted by Gasteiger charge is 2.23. The number of para-hydroxylation sites is 1. The van der Waals surface area contributed by atoms with Crippen LogP contribution < -0.4 is 11.2 Å². The van der Waals surface area contributed by atoms with Crippen LogP contribution >= 0.6 is 0 Å². The smallest absolute Gasteiger partial charge is 0.197 e. The van der Waals surface area contributed by atoms with E-state index in [0.717, 1.165) is 25.2 Å². The fourth-order valence-electron chi connectivity index (χ4n) is 4.20. The van der Waals surface area contributed by atoms with Gasteiger partial charge in [0, 0.05) is 25.2 Å². The van der Waals surface area contributed by atoms with Gasteiger partial charge < -0.3 is 10.2 Å². The minimum Gasteiger partial charge on any atom is -0.464 e. The second-order valence-corrected chi connectivity index (χ2v) is 8.30. The Morgan fingerprint density at radius 3 is 2.54 bits per heavy atom. The third-order valence-corrected chi connectivity index (χ3v) is 5.58. The first-order chi connectivity index (χ1) is 12.6. The number of fused-ring (bicyclic) bond motifs is 1. The van der Waals surface area contributed by atoms with Gasteiger partial charge in [-0.2, -0.15) is 0 Å². The summed E-state index contributed by atoms with van der Waals surface area (Å²) in [6, 6.07) is 7.49. The van der Waals surface area contributed by atoms with Gasteiger partial charge in [0.05, 0.1) is 11.6 Å². The van der Waals surface area contributed by atoms with Gasteiger partial charge in [0.25, 0.3) is 0 Å². The lowest BCUT2D eigenvalue weighted by Gasteiger charge is -2.33. The van der Waals surface area contributed by atoms with Crippen LogP contribution in [0.4, 0.5) is 0 Å². The Balaban J connectivity index is 1.72. The van der Waals surface area contributed by atoms with Crippen molar-refractivity contribution in [2.45, 2.75) is 46.1 Å². The van der Waals surface area contributed by atoms with Crippen LogP contribution in [0.2, 0.25) is 0 Å². The van der Waals surface area contributed by atoms with Crippen molar-refractivity contribution in [3.05, 3.63) is 46.3 Å². The summed E-state index contributed by atoms with van der Waals surface area (Å²) in [6.45, 7) is 8.02. The first-order valence-electron chi connectivity index (χ1n) is 9.98. The van der Waals surface area contributed by atoms with E-state index in [0.29, 0.717) is 35.3 Å². The zero-order valence-corrected chi connectivity index (χ0v) is 16.1. The number of hydrogen-bond donors (Lipinski definition) is 1. The van der Waals surface area contributed by atoms with Crippen molar-refractivity contribution in [2.24, 2.45) is 23.5 Å². The SMILES string of the molecule is CC(C)CN(Cc1coc2ccccc2c1=O)CC1CCC(CN)CC1. The predicted molar refractivity (Wildman–Crippen MR) is 107 cm³/mol. The summed E-state index contributed by atoms with van der Waals surface area (Å²) in [7, 11) is 0. The Morgan fingerprint density at radius 1 is 1.15 bits per heavy atom. The molecule has 1 aromatic heterocycles. The highest BCUT2D eigenvalue weighted by Crippen LogP contribution is 2.29. The maximum absolute atomic E-state index is 12.8. The van der Waals surface area contributed by atoms with Crippen LogP contribution in [0.25, 0.3) is 11.0 Å². The van der Waals surface area contributed by atoms with Crippen molar-refractivity contribution >= 4 is 11.0 Å². The van der Waals surface area contributed by atoms with E-state index in [-0.39, 0.29) is 5.43 Å². The van der Waals surface area contributed by atoms with Gasteiger partial charge in [0.15, 0.2) is 5.43 Å². The molecule has 0 radical (unpaired) electrons. The van der Waals surface area contributed by atoms with Crippen LogP contribution in [-0.4, -0.2) is 24.5 Å². The summed E-state index contributed by atoms with van der Waals surface area (Å²) in [5.74, 6) is 1.99. The van der Waals surface area contributed by atoms with Crippen LogP contribution in [0.5, 0.6) is 0 Å². The van der Waals surface area contributed by atoms with E-state index in [1.165, 1.54) is 25.7 Å². The Hall–Kier alpha value is -1.65. The van der Waals surface area contributed by atoms with Crippen LogP contribution in [-0.2, 0) is 6.54 Å². The molecular formula is C22H32N2O2. The molecule has 0 atom stereocenters. The molecule has 0 spiro atoms. The molecule has 1 aliphatic carbocycles. The first-order valence-corrected chi connectivity index (χ1v) is 9.98. The van der Waals surface area contributed by atoms with Gasteiger partial charge in [-0.25, -0.2) is 0 Å². The minimum absolute atomic E-state index is 0.104. The normalized spacial score (nSPS) is 21.0. The molecule has 2 N–H and O–H groups in total. The van der Waals surface area contributed by atoms with Gasteiger partial charge in [-0.05, 0) is 62.1 Å². The number of rotatable bonds is 7. The standard InChI is InChI=1S/C22H32N2O2/c1-16(2)12-24(13-18-9-7-17(11-23)8-10-18)14-19-15-26-21-6-4-3-5-20(21)22(19)25/h3-6,15-18H,7-14,23H2,1-2H3. The van der Waals surface area contributed by atoms with E-state index in [9.17, 15) is 4.79 Å². The van der Waals surface area contributed by atoms with E-state index in [1.807, 2.05) is 24.3 Å². The molecule has 1 heterocycles. The second kappa shape index (κ2) is 8.83. The Kier molecular flexibility index (Phi) is 6.49. The van der Waals surface area contributed by atoms with Gasteiger partial charge in [0.2, 0.25) is 0 Å². The topological polar surface area (TPSA) is 59.5 Å². The minimum atomic E-state index is 0.104. The van der Waals surface area contributed by atoms with Gasteiger partial charge in [-0.3, -0.25) is 9.69 Å². The van der Waals surface area contributed by atoms with Crippen LogP contribution in [0.1, 0.15) is 45.1 Å². The van der Waals surface area contributed by atoms with Crippen LogP contribution in [0.15, 0.2) is 39.7 Å². The highest BCUT2D eigenvalue weighted by molar-refractivity contribution is 5.76. The third kappa shape index (κ3) is 4.74. The zero-order chi connectivity index (χ0) is 18.5. The Morgan fingerprint density at radius 2 is 1.85 bits per heavy atom. The first kappa shape index (κ1) is 19.1. The third-order valence-electron chi connectivity index (χ3n) is 5.58. The molecule has 0 amide bonds. The lowest BCUT2D eigenvalue weighted by atomic mass is 9.81. The van der Waals surface area contributed by atoms with Gasteiger partial charge in [0.1, 0.15) is 5.58 Å². The van der Waals surface area contributed by atoms with E-state index >= 15 is 0 Å². The fourth-order valence-corrected chi connectivity index (χ4v) is 4.20. The second-order valence-electron chi connectivity index (χ2n) is 8.30. The van der Waals surface area contributed by atoms with Crippen molar-refractivity contribution in [2.75, 3.05) is 19.6 Å².